The first-order valence-corrected chi connectivity index (χ1v) is 9.19. The van der Waals surface area contributed by atoms with Gasteiger partial charge in [0.05, 0.1) is 0 Å². The summed E-state index contributed by atoms with van der Waals surface area (Å²) >= 11 is 0. The average Bonchev–Trinajstić information content (AvgIpc) is 3.24. The zero-order valence-electron chi connectivity index (χ0n) is 14.0. The first-order valence-electron chi connectivity index (χ1n) is 9.19. The third kappa shape index (κ3) is 3.24. The van der Waals surface area contributed by atoms with Crippen LogP contribution in [0.4, 0.5) is 0 Å². The number of hydrogen-bond donors (Lipinski definition) is 1. The van der Waals surface area contributed by atoms with Crippen molar-refractivity contribution in [3.05, 3.63) is 71.8 Å². The van der Waals surface area contributed by atoms with Crippen LogP contribution in [-0.2, 0) is 4.79 Å². The molecule has 24 heavy (non-hydrogen) atoms. The van der Waals surface area contributed by atoms with Crippen LogP contribution in [0.1, 0.15) is 49.1 Å². The van der Waals surface area contributed by atoms with Gasteiger partial charge in [0.2, 0.25) is 5.91 Å². The summed E-state index contributed by atoms with van der Waals surface area (Å²) in [7, 11) is 0. The number of fused-ring (bicyclic) bond motifs is 2. The zero-order valence-corrected chi connectivity index (χ0v) is 14.0. The van der Waals surface area contributed by atoms with Gasteiger partial charge in [-0.1, -0.05) is 67.1 Å². The summed E-state index contributed by atoms with van der Waals surface area (Å²) in [5.41, 5.74) is 2.43. The molecule has 1 amide bonds. The first-order chi connectivity index (χ1) is 11.8. The highest BCUT2D eigenvalue weighted by Gasteiger charge is 2.40. The van der Waals surface area contributed by atoms with Crippen molar-refractivity contribution in [1.82, 2.24) is 5.32 Å². The molecule has 2 aliphatic carbocycles. The largest absolute Gasteiger partial charge is 0.353 e. The molecule has 2 bridgehead atoms. The van der Waals surface area contributed by atoms with E-state index in [2.05, 4.69) is 53.8 Å². The van der Waals surface area contributed by atoms with E-state index in [4.69, 9.17) is 0 Å². The standard InChI is InChI=1S/C22H25NO/c24-22(23-21-14-16-11-12-19(21)13-16)15-20(17-7-3-1-4-8-17)18-9-5-2-6-10-18/h1-10,16,19-21H,11-15H2,(H,23,24)/t16-,19-,21+/m1/s1. The fourth-order valence-corrected chi connectivity index (χ4v) is 4.67. The molecule has 3 atom stereocenters. The van der Waals surface area contributed by atoms with Crippen LogP contribution in [0.3, 0.4) is 0 Å². The number of nitrogens with one attached hydrogen (secondary N) is 1. The van der Waals surface area contributed by atoms with Crippen molar-refractivity contribution < 1.29 is 4.79 Å². The van der Waals surface area contributed by atoms with Crippen molar-refractivity contribution in [2.24, 2.45) is 11.8 Å². The quantitative estimate of drug-likeness (QED) is 0.863. The van der Waals surface area contributed by atoms with Crippen LogP contribution in [0.25, 0.3) is 0 Å². The highest BCUT2D eigenvalue weighted by atomic mass is 16.1. The Morgan fingerprint density at radius 2 is 1.54 bits per heavy atom. The first kappa shape index (κ1) is 15.4. The number of carbonyl (C=O) groups is 1. The zero-order chi connectivity index (χ0) is 16.4. The molecular weight excluding hydrogens is 294 g/mol. The van der Waals surface area contributed by atoms with E-state index in [0.717, 1.165) is 11.8 Å². The highest BCUT2D eigenvalue weighted by Crippen LogP contribution is 2.44. The van der Waals surface area contributed by atoms with Gasteiger partial charge in [-0.3, -0.25) is 4.79 Å². The lowest BCUT2D eigenvalue weighted by Crippen LogP contribution is -2.39. The van der Waals surface area contributed by atoms with Gasteiger partial charge in [-0.05, 0) is 42.2 Å². The van der Waals surface area contributed by atoms with Crippen molar-refractivity contribution in [1.29, 1.82) is 0 Å². The maximum Gasteiger partial charge on any atom is 0.221 e. The van der Waals surface area contributed by atoms with Crippen LogP contribution in [0.5, 0.6) is 0 Å². The minimum atomic E-state index is 0.131. The molecule has 4 rings (SSSR count). The second kappa shape index (κ2) is 6.80. The molecule has 0 aromatic heterocycles. The Labute approximate surface area is 144 Å². The molecule has 0 aliphatic heterocycles. The summed E-state index contributed by atoms with van der Waals surface area (Å²) in [5, 5.41) is 3.34. The Morgan fingerprint density at radius 1 is 0.917 bits per heavy atom. The number of amides is 1. The molecule has 2 nitrogen and oxygen atoms in total. The van der Waals surface area contributed by atoms with Gasteiger partial charge in [-0.15, -0.1) is 0 Å². The molecule has 0 spiro atoms. The normalized spacial score (nSPS) is 25.1. The van der Waals surface area contributed by atoms with E-state index in [1.807, 2.05) is 12.1 Å². The smallest absolute Gasteiger partial charge is 0.221 e. The Bertz CT molecular complexity index is 642. The fraction of sp³-hybridized carbons (Fsp3) is 0.409. The van der Waals surface area contributed by atoms with E-state index in [-0.39, 0.29) is 11.8 Å². The number of rotatable bonds is 5. The SMILES string of the molecule is O=C(CC(c1ccccc1)c1ccccc1)N[C@H]1C[C@@H]2CC[C@@H]1C2. The number of carbonyl (C=O) groups excluding carboxylic acids is 1. The Balaban J connectivity index is 1.48. The molecular formula is C22H25NO. The van der Waals surface area contributed by atoms with Crippen LogP contribution < -0.4 is 5.32 Å². The summed E-state index contributed by atoms with van der Waals surface area (Å²) in [5.74, 6) is 1.92. The highest BCUT2D eigenvalue weighted by molar-refractivity contribution is 5.78. The molecule has 2 heteroatoms. The molecule has 0 heterocycles. The summed E-state index contributed by atoms with van der Waals surface area (Å²) in [6.07, 6.45) is 5.72. The number of hydrogen-bond acceptors (Lipinski definition) is 1. The van der Waals surface area contributed by atoms with Crippen LogP contribution in [-0.4, -0.2) is 11.9 Å². The predicted octanol–water partition coefficient (Wildman–Crippen LogP) is 4.51. The van der Waals surface area contributed by atoms with E-state index >= 15 is 0 Å². The molecule has 1 N–H and O–H groups in total. The molecule has 124 valence electrons. The van der Waals surface area contributed by atoms with Crippen molar-refractivity contribution in [2.45, 2.75) is 44.1 Å². The van der Waals surface area contributed by atoms with E-state index in [9.17, 15) is 4.79 Å². The Kier molecular flexibility index (Phi) is 4.38. The minimum Gasteiger partial charge on any atom is -0.353 e. The van der Waals surface area contributed by atoms with Gasteiger partial charge in [0, 0.05) is 18.4 Å². The second-order valence-electron chi connectivity index (χ2n) is 7.43. The fourth-order valence-electron chi connectivity index (χ4n) is 4.67. The molecule has 2 aromatic carbocycles. The summed E-state index contributed by atoms with van der Waals surface area (Å²) < 4.78 is 0. The van der Waals surface area contributed by atoms with Crippen molar-refractivity contribution >= 4 is 5.91 Å². The Hall–Kier alpha value is -2.09. The lowest BCUT2D eigenvalue weighted by Gasteiger charge is -2.24. The van der Waals surface area contributed by atoms with Crippen LogP contribution in [0, 0.1) is 11.8 Å². The lowest BCUT2D eigenvalue weighted by molar-refractivity contribution is -0.122. The van der Waals surface area contributed by atoms with Gasteiger partial charge in [0.25, 0.3) is 0 Å². The molecule has 0 saturated heterocycles. The molecule has 2 aliphatic rings. The third-order valence-electron chi connectivity index (χ3n) is 5.88. The van der Waals surface area contributed by atoms with Crippen molar-refractivity contribution in [3.8, 4) is 0 Å². The Morgan fingerprint density at radius 3 is 2.04 bits per heavy atom. The molecule has 2 fully saturated rings. The van der Waals surface area contributed by atoms with Crippen LogP contribution in [0.2, 0.25) is 0 Å². The summed E-state index contributed by atoms with van der Waals surface area (Å²) in [6, 6.07) is 21.2. The van der Waals surface area contributed by atoms with Crippen molar-refractivity contribution in [3.63, 3.8) is 0 Å². The van der Waals surface area contributed by atoms with Gasteiger partial charge < -0.3 is 5.32 Å². The number of benzene rings is 2. The van der Waals surface area contributed by atoms with Crippen molar-refractivity contribution in [2.75, 3.05) is 0 Å². The molecule has 2 saturated carbocycles. The van der Waals surface area contributed by atoms with E-state index < -0.39 is 0 Å². The summed E-state index contributed by atoms with van der Waals surface area (Å²) in [4.78, 5) is 12.7. The topological polar surface area (TPSA) is 29.1 Å². The van der Waals surface area contributed by atoms with Gasteiger partial charge >= 0.3 is 0 Å². The van der Waals surface area contributed by atoms with Crippen LogP contribution in [0.15, 0.2) is 60.7 Å². The maximum absolute atomic E-state index is 12.7. The second-order valence-corrected chi connectivity index (χ2v) is 7.43. The molecule has 0 radical (unpaired) electrons. The monoisotopic (exact) mass is 319 g/mol. The molecule has 2 aromatic rings. The van der Waals surface area contributed by atoms with Crippen LogP contribution >= 0.6 is 0 Å². The van der Waals surface area contributed by atoms with E-state index in [1.165, 1.54) is 36.8 Å². The van der Waals surface area contributed by atoms with Gasteiger partial charge in [-0.2, -0.15) is 0 Å². The van der Waals surface area contributed by atoms with E-state index in [0.29, 0.717) is 12.5 Å². The molecule has 0 unspecified atom stereocenters. The minimum absolute atomic E-state index is 0.131. The van der Waals surface area contributed by atoms with E-state index in [1.54, 1.807) is 0 Å². The van der Waals surface area contributed by atoms with Gasteiger partial charge in [0.15, 0.2) is 0 Å². The summed E-state index contributed by atoms with van der Waals surface area (Å²) in [6.45, 7) is 0. The maximum atomic E-state index is 12.7. The van der Waals surface area contributed by atoms with Gasteiger partial charge in [0.1, 0.15) is 0 Å². The average molecular weight is 319 g/mol. The third-order valence-corrected chi connectivity index (χ3v) is 5.88. The lowest BCUT2D eigenvalue weighted by atomic mass is 9.88. The predicted molar refractivity (Wildman–Crippen MR) is 96.7 cm³/mol. The van der Waals surface area contributed by atoms with Gasteiger partial charge in [-0.25, -0.2) is 0 Å².